The van der Waals surface area contributed by atoms with Crippen LogP contribution in [-0.4, -0.2) is 72.5 Å². The van der Waals surface area contributed by atoms with Crippen molar-refractivity contribution < 1.29 is 4.79 Å². The van der Waals surface area contributed by atoms with Crippen molar-refractivity contribution in [2.45, 2.75) is 40.2 Å². The highest BCUT2D eigenvalue weighted by atomic mass is 16.2. The summed E-state index contributed by atoms with van der Waals surface area (Å²) in [4.78, 5) is 19.1. The molecule has 0 unspecified atom stereocenters. The second-order valence-corrected chi connectivity index (χ2v) is 7.20. The van der Waals surface area contributed by atoms with Crippen LogP contribution in [-0.2, 0) is 4.79 Å². The fourth-order valence-corrected chi connectivity index (χ4v) is 3.40. The molecule has 116 valence electrons. The van der Waals surface area contributed by atoms with E-state index in [4.69, 9.17) is 0 Å². The zero-order valence-corrected chi connectivity index (χ0v) is 13.6. The topological polar surface area (TPSA) is 26.8 Å². The van der Waals surface area contributed by atoms with Gasteiger partial charge in [0.25, 0.3) is 0 Å². The SMILES string of the molecule is CC(C)CC1CN(CC(=O)N2CCN(C(C)C)CC2)C1. The second kappa shape index (κ2) is 6.90. The number of likely N-dealkylation sites (tertiary alicyclic amines) is 1. The normalized spacial score (nSPS) is 22.6. The van der Waals surface area contributed by atoms with Crippen molar-refractivity contribution in [2.24, 2.45) is 11.8 Å². The number of rotatable bonds is 5. The van der Waals surface area contributed by atoms with Gasteiger partial charge in [-0.05, 0) is 32.1 Å². The molecule has 0 radical (unpaired) electrons. The van der Waals surface area contributed by atoms with Crippen LogP contribution >= 0.6 is 0 Å². The maximum atomic E-state index is 12.3. The van der Waals surface area contributed by atoms with E-state index < -0.39 is 0 Å². The minimum absolute atomic E-state index is 0.330. The highest BCUT2D eigenvalue weighted by molar-refractivity contribution is 5.78. The summed E-state index contributed by atoms with van der Waals surface area (Å²) in [7, 11) is 0. The third kappa shape index (κ3) is 4.19. The predicted molar refractivity (Wildman–Crippen MR) is 82.7 cm³/mol. The van der Waals surface area contributed by atoms with E-state index in [1.165, 1.54) is 6.42 Å². The molecule has 0 saturated carbocycles. The highest BCUT2D eigenvalue weighted by Gasteiger charge is 2.30. The molecule has 0 N–H and O–H groups in total. The number of amides is 1. The van der Waals surface area contributed by atoms with E-state index >= 15 is 0 Å². The maximum Gasteiger partial charge on any atom is 0.236 e. The monoisotopic (exact) mass is 281 g/mol. The molecule has 2 rings (SSSR count). The van der Waals surface area contributed by atoms with Gasteiger partial charge >= 0.3 is 0 Å². The Kier molecular flexibility index (Phi) is 5.44. The smallest absolute Gasteiger partial charge is 0.236 e. The first-order valence-electron chi connectivity index (χ1n) is 8.20. The Morgan fingerprint density at radius 1 is 1.05 bits per heavy atom. The first-order chi connectivity index (χ1) is 9.45. The lowest BCUT2D eigenvalue weighted by Crippen LogP contribution is -2.55. The fraction of sp³-hybridized carbons (Fsp3) is 0.938. The molecule has 2 aliphatic heterocycles. The summed E-state index contributed by atoms with van der Waals surface area (Å²) in [6, 6.07) is 0.597. The summed E-state index contributed by atoms with van der Waals surface area (Å²) in [5.74, 6) is 1.93. The second-order valence-electron chi connectivity index (χ2n) is 7.20. The van der Waals surface area contributed by atoms with Gasteiger partial charge in [-0.15, -0.1) is 0 Å². The molecule has 4 heteroatoms. The summed E-state index contributed by atoms with van der Waals surface area (Å²) in [6.45, 7) is 15.8. The van der Waals surface area contributed by atoms with Gasteiger partial charge in [-0.25, -0.2) is 0 Å². The Morgan fingerprint density at radius 2 is 1.65 bits per heavy atom. The van der Waals surface area contributed by atoms with Gasteiger partial charge in [-0.3, -0.25) is 14.6 Å². The van der Waals surface area contributed by atoms with Gasteiger partial charge in [0.15, 0.2) is 0 Å². The van der Waals surface area contributed by atoms with Gasteiger partial charge in [-0.2, -0.15) is 0 Å². The van der Waals surface area contributed by atoms with Crippen molar-refractivity contribution in [2.75, 3.05) is 45.8 Å². The molecule has 0 bridgehead atoms. The zero-order valence-electron chi connectivity index (χ0n) is 13.6. The van der Waals surface area contributed by atoms with Crippen molar-refractivity contribution in [3.05, 3.63) is 0 Å². The number of nitrogens with zero attached hydrogens (tertiary/aromatic N) is 3. The number of piperazine rings is 1. The molecular formula is C16H31N3O. The average molecular weight is 281 g/mol. The van der Waals surface area contributed by atoms with Gasteiger partial charge in [0, 0.05) is 45.3 Å². The van der Waals surface area contributed by atoms with Crippen LogP contribution in [0.4, 0.5) is 0 Å². The molecule has 1 amide bonds. The lowest BCUT2D eigenvalue weighted by molar-refractivity contribution is -0.136. The standard InChI is InChI=1S/C16H31N3O/c1-13(2)9-15-10-17(11-15)12-16(20)19-7-5-18(6-8-19)14(3)4/h13-15H,5-12H2,1-4H3. The van der Waals surface area contributed by atoms with Crippen molar-refractivity contribution in [3.8, 4) is 0 Å². The average Bonchev–Trinajstić information content (AvgIpc) is 2.35. The number of carbonyl (C=O) groups is 1. The zero-order chi connectivity index (χ0) is 14.7. The summed E-state index contributed by atoms with van der Waals surface area (Å²) in [5.41, 5.74) is 0. The van der Waals surface area contributed by atoms with Crippen molar-refractivity contribution in [1.82, 2.24) is 14.7 Å². The molecule has 0 aromatic carbocycles. The molecule has 0 atom stereocenters. The van der Waals surface area contributed by atoms with E-state index in [9.17, 15) is 4.79 Å². The lowest BCUT2D eigenvalue weighted by atomic mass is 9.90. The minimum Gasteiger partial charge on any atom is -0.339 e. The molecule has 2 aliphatic rings. The van der Waals surface area contributed by atoms with Gasteiger partial charge < -0.3 is 4.90 Å². The van der Waals surface area contributed by atoms with Crippen LogP contribution in [0.25, 0.3) is 0 Å². The lowest BCUT2D eigenvalue weighted by Gasteiger charge is -2.42. The minimum atomic E-state index is 0.330. The van der Waals surface area contributed by atoms with Gasteiger partial charge in [0.05, 0.1) is 6.54 Å². The summed E-state index contributed by atoms with van der Waals surface area (Å²) < 4.78 is 0. The van der Waals surface area contributed by atoms with Gasteiger partial charge in [0.1, 0.15) is 0 Å². The van der Waals surface area contributed by atoms with Crippen molar-refractivity contribution >= 4 is 5.91 Å². The molecule has 0 aliphatic carbocycles. The maximum absolute atomic E-state index is 12.3. The Morgan fingerprint density at radius 3 is 2.15 bits per heavy atom. The third-order valence-electron chi connectivity index (χ3n) is 4.59. The van der Waals surface area contributed by atoms with Crippen molar-refractivity contribution in [1.29, 1.82) is 0 Å². The third-order valence-corrected chi connectivity index (χ3v) is 4.59. The Balaban J connectivity index is 1.65. The number of hydrogen-bond acceptors (Lipinski definition) is 3. The molecule has 20 heavy (non-hydrogen) atoms. The molecule has 2 saturated heterocycles. The molecular weight excluding hydrogens is 250 g/mol. The molecule has 0 aromatic heterocycles. The van der Waals surface area contributed by atoms with Gasteiger partial charge in [0.2, 0.25) is 5.91 Å². The van der Waals surface area contributed by atoms with Crippen LogP contribution < -0.4 is 0 Å². The number of carbonyl (C=O) groups excluding carboxylic acids is 1. The van der Waals surface area contributed by atoms with Crippen LogP contribution in [0.15, 0.2) is 0 Å². The molecule has 2 fully saturated rings. The highest BCUT2D eigenvalue weighted by Crippen LogP contribution is 2.22. The van der Waals surface area contributed by atoms with E-state index in [1.807, 2.05) is 0 Å². The predicted octanol–water partition coefficient (Wildman–Crippen LogP) is 1.52. The largest absolute Gasteiger partial charge is 0.339 e. The fourth-order valence-electron chi connectivity index (χ4n) is 3.40. The first-order valence-corrected chi connectivity index (χ1v) is 8.20. The van der Waals surface area contributed by atoms with Crippen LogP contribution in [0.1, 0.15) is 34.1 Å². The Labute approximate surface area is 124 Å². The van der Waals surface area contributed by atoms with Gasteiger partial charge in [-0.1, -0.05) is 13.8 Å². The summed E-state index contributed by atoms with van der Waals surface area (Å²) >= 11 is 0. The van der Waals surface area contributed by atoms with E-state index in [-0.39, 0.29) is 0 Å². The van der Waals surface area contributed by atoms with Crippen LogP contribution in [0, 0.1) is 11.8 Å². The molecule has 2 heterocycles. The van der Waals surface area contributed by atoms with Crippen LogP contribution in [0.3, 0.4) is 0 Å². The quantitative estimate of drug-likeness (QED) is 0.764. The summed E-state index contributed by atoms with van der Waals surface area (Å²) in [5, 5.41) is 0. The Hall–Kier alpha value is -0.610. The summed E-state index contributed by atoms with van der Waals surface area (Å²) in [6.07, 6.45) is 1.30. The van der Waals surface area contributed by atoms with E-state index in [1.54, 1.807) is 0 Å². The van der Waals surface area contributed by atoms with Crippen LogP contribution in [0.2, 0.25) is 0 Å². The van der Waals surface area contributed by atoms with E-state index in [0.717, 1.165) is 51.1 Å². The van der Waals surface area contributed by atoms with Crippen LogP contribution in [0.5, 0.6) is 0 Å². The molecule has 4 nitrogen and oxygen atoms in total. The number of hydrogen-bond donors (Lipinski definition) is 0. The molecule has 0 aromatic rings. The van der Waals surface area contributed by atoms with Crippen molar-refractivity contribution in [3.63, 3.8) is 0 Å². The van der Waals surface area contributed by atoms with E-state index in [0.29, 0.717) is 18.5 Å². The first kappa shape index (κ1) is 15.8. The van der Waals surface area contributed by atoms with E-state index in [2.05, 4.69) is 42.4 Å². The molecule has 0 spiro atoms. The Bertz CT molecular complexity index is 316.